The zero-order valence-electron chi connectivity index (χ0n) is 18.1. The molecule has 2 aromatic carbocycles. The van der Waals surface area contributed by atoms with E-state index in [1.807, 2.05) is 49.4 Å². The van der Waals surface area contributed by atoms with Crippen LogP contribution in [0.25, 0.3) is 0 Å². The van der Waals surface area contributed by atoms with Gasteiger partial charge in [-0.15, -0.1) is 11.3 Å². The van der Waals surface area contributed by atoms with Crippen LogP contribution >= 0.6 is 11.3 Å². The van der Waals surface area contributed by atoms with Crippen LogP contribution in [0.2, 0.25) is 0 Å². The van der Waals surface area contributed by atoms with E-state index in [-0.39, 0.29) is 16.2 Å². The van der Waals surface area contributed by atoms with Crippen molar-refractivity contribution in [2.45, 2.75) is 43.0 Å². The fourth-order valence-corrected chi connectivity index (χ4v) is 6.98. The molecule has 6 nitrogen and oxygen atoms in total. The Kier molecular flexibility index (Phi) is 6.64. The van der Waals surface area contributed by atoms with Crippen LogP contribution in [-0.2, 0) is 14.8 Å². The van der Waals surface area contributed by atoms with Gasteiger partial charge in [0.2, 0.25) is 5.91 Å². The summed E-state index contributed by atoms with van der Waals surface area (Å²) in [4.78, 5) is 13.9. The van der Waals surface area contributed by atoms with Crippen LogP contribution in [0.3, 0.4) is 0 Å². The average molecular weight is 470 g/mol. The van der Waals surface area contributed by atoms with E-state index in [2.05, 4.69) is 29.7 Å². The molecule has 1 aliphatic heterocycles. The van der Waals surface area contributed by atoms with Gasteiger partial charge in [0.15, 0.2) is 0 Å². The molecule has 1 amide bonds. The Morgan fingerprint density at radius 2 is 1.72 bits per heavy atom. The first-order chi connectivity index (χ1) is 15.3. The highest BCUT2D eigenvalue weighted by Crippen LogP contribution is 2.31. The van der Waals surface area contributed by atoms with Crippen LogP contribution in [-0.4, -0.2) is 31.2 Å². The first-order valence-corrected chi connectivity index (χ1v) is 12.9. The molecule has 0 aliphatic carbocycles. The van der Waals surface area contributed by atoms with Crippen molar-refractivity contribution < 1.29 is 13.2 Å². The Balaban J connectivity index is 1.41. The van der Waals surface area contributed by atoms with Crippen molar-refractivity contribution in [3.05, 3.63) is 77.2 Å². The molecule has 168 valence electrons. The van der Waals surface area contributed by atoms with Crippen molar-refractivity contribution in [2.75, 3.05) is 17.2 Å². The van der Waals surface area contributed by atoms with Gasteiger partial charge >= 0.3 is 0 Å². The zero-order chi connectivity index (χ0) is 22.7. The van der Waals surface area contributed by atoms with E-state index in [0.717, 1.165) is 10.6 Å². The van der Waals surface area contributed by atoms with Gasteiger partial charge < -0.3 is 10.6 Å². The summed E-state index contributed by atoms with van der Waals surface area (Å²) in [6.07, 6.45) is 1.19. The number of amides is 1. The third-order valence-electron chi connectivity index (χ3n) is 5.62. The summed E-state index contributed by atoms with van der Waals surface area (Å²) >= 11 is 1.24. The molecular formula is C24H27N3O3S2. The van der Waals surface area contributed by atoms with Gasteiger partial charge in [0.1, 0.15) is 10.3 Å². The predicted molar refractivity (Wildman–Crippen MR) is 130 cm³/mol. The molecule has 1 saturated heterocycles. The molecule has 3 aromatic rings. The maximum atomic E-state index is 13.0. The summed E-state index contributed by atoms with van der Waals surface area (Å²) in [5.74, 6) is -0.294. The lowest BCUT2D eigenvalue weighted by Crippen LogP contribution is -2.42. The van der Waals surface area contributed by atoms with Gasteiger partial charge in [-0.05, 0) is 68.7 Å². The second-order valence-corrected chi connectivity index (χ2v) is 11.4. The quantitative estimate of drug-likeness (QED) is 0.509. The van der Waals surface area contributed by atoms with Gasteiger partial charge in [-0.25, -0.2) is 8.42 Å². The van der Waals surface area contributed by atoms with Crippen LogP contribution in [0, 0.1) is 6.92 Å². The van der Waals surface area contributed by atoms with Crippen LogP contribution < -0.4 is 10.6 Å². The van der Waals surface area contributed by atoms with Crippen molar-refractivity contribution in [3.63, 3.8) is 0 Å². The molecule has 0 bridgehead atoms. The van der Waals surface area contributed by atoms with Crippen molar-refractivity contribution in [1.29, 1.82) is 0 Å². The Bertz CT molecular complexity index is 1170. The third kappa shape index (κ3) is 4.87. The summed E-state index contributed by atoms with van der Waals surface area (Å²) < 4.78 is 27.7. The molecular weight excluding hydrogens is 442 g/mol. The maximum absolute atomic E-state index is 13.0. The highest BCUT2D eigenvalue weighted by atomic mass is 32.2. The van der Waals surface area contributed by atoms with Gasteiger partial charge in [0.05, 0.1) is 0 Å². The Labute approximate surface area is 193 Å². The minimum Gasteiger partial charge on any atom is -0.379 e. The first-order valence-electron chi connectivity index (χ1n) is 10.7. The summed E-state index contributed by atoms with van der Waals surface area (Å²) in [6.45, 7) is 4.32. The van der Waals surface area contributed by atoms with E-state index in [0.29, 0.717) is 25.1 Å². The Morgan fingerprint density at radius 1 is 1.03 bits per heavy atom. The van der Waals surface area contributed by atoms with Gasteiger partial charge in [-0.1, -0.05) is 30.3 Å². The molecule has 0 saturated carbocycles. The summed E-state index contributed by atoms with van der Waals surface area (Å²) in [5.41, 5.74) is 2.77. The summed E-state index contributed by atoms with van der Waals surface area (Å²) in [5, 5.41) is 6.33. The molecule has 1 aromatic heterocycles. The number of aryl methyl sites for hydroxylation is 1. The molecule has 4 rings (SSSR count). The number of hydrogen-bond acceptors (Lipinski definition) is 5. The lowest BCUT2D eigenvalue weighted by Gasteiger charge is -2.22. The van der Waals surface area contributed by atoms with Crippen LogP contribution in [0.5, 0.6) is 0 Å². The lowest BCUT2D eigenvalue weighted by atomic mass is 10.1. The highest BCUT2D eigenvalue weighted by molar-refractivity contribution is 7.91. The second kappa shape index (κ2) is 9.44. The number of hydrogen-bond donors (Lipinski definition) is 2. The smallest absolute Gasteiger partial charge is 0.253 e. The number of anilines is 2. The van der Waals surface area contributed by atoms with Gasteiger partial charge in [0, 0.05) is 28.8 Å². The number of nitrogens with zero attached hydrogens (tertiary/aromatic N) is 1. The molecule has 8 heteroatoms. The van der Waals surface area contributed by atoms with E-state index in [4.69, 9.17) is 0 Å². The molecule has 2 N–H and O–H groups in total. The molecule has 0 spiro atoms. The van der Waals surface area contributed by atoms with E-state index in [1.54, 1.807) is 12.1 Å². The number of rotatable bonds is 7. The van der Waals surface area contributed by atoms with E-state index in [9.17, 15) is 13.2 Å². The molecule has 2 unspecified atom stereocenters. The normalized spacial score (nSPS) is 17.8. The first kappa shape index (κ1) is 22.5. The summed E-state index contributed by atoms with van der Waals surface area (Å²) in [6, 6.07) is 20.5. The minimum atomic E-state index is -3.67. The number of carbonyl (C=O) groups excluding carboxylic acids is 1. The molecule has 2 atom stereocenters. The second-order valence-electron chi connectivity index (χ2n) is 7.98. The van der Waals surface area contributed by atoms with E-state index in [1.165, 1.54) is 21.2 Å². The van der Waals surface area contributed by atoms with Gasteiger partial charge in [0.25, 0.3) is 10.0 Å². The largest absolute Gasteiger partial charge is 0.379 e. The van der Waals surface area contributed by atoms with Gasteiger partial charge in [-0.3, -0.25) is 4.79 Å². The molecule has 0 radical (unpaired) electrons. The molecule has 1 aliphatic rings. The fourth-order valence-electron chi connectivity index (χ4n) is 3.91. The number of carbonyl (C=O) groups is 1. The monoisotopic (exact) mass is 469 g/mol. The van der Waals surface area contributed by atoms with Gasteiger partial charge in [-0.2, -0.15) is 4.31 Å². The minimum absolute atomic E-state index is 0.148. The third-order valence-corrected chi connectivity index (χ3v) is 9.00. The predicted octanol–water partition coefficient (Wildman–Crippen LogP) is 5.02. The van der Waals surface area contributed by atoms with Crippen LogP contribution in [0.1, 0.15) is 36.2 Å². The molecule has 1 fully saturated rings. The zero-order valence-corrected chi connectivity index (χ0v) is 19.7. The van der Waals surface area contributed by atoms with Crippen LogP contribution in [0.4, 0.5) is 11.4 Å². The van der Waals surface area contributed by atoms with E-state index >= 15 is 0 Å². The summed E-state index contributed by atoms with van der Waals surface area (Å²) in [7, 11) is -3.67. The van der Waals surface area contributed by atoms with Crippen molar-refractivity contribution in [3.8, 4) is 0 Å². The Morgan fingerprint density at radius 3 is 2.38 bits per heavy atom. The van der Waals surface area contributed by atoms with Crippen molar-refractivity contribution in [2.24, 2.45) is 0 Å². The number of nitrogens with one attached hydrogen (secondary N) is 2. The number of benzene rings is 2. The van der Waals surface area contributed by atoms with E-state index < -0.39 is 16.1 Å². The number of sulfonamides is 1. The molecule has 2 heterocycles. The molecule has 32 heavy (non-hydrogen) atoms. The fraction of sp³-hybridized carbons (Fsp3) is 0.292. The highest BCUT2D eigenvalue weighted by Gasteiger charge is 2.40. The topological polar surface area (TPSA) is 78.5 Å². The van der Waals surface area contributed by atoms with Crippen molar-refractivity contribution in [1.82, 2.24) is 4.31 Å². The SMILES string of the molecule is Cc1ccc(S(=O)(=O)N2CCCC2C(=O)Nc2ccc(NC(C)c3ccccc3)cc2)s1. The van der Waals surface area contributed by atoms with Crippen molar-refractivity contribution >= 4 is 38.6 Å². The Hall–Kier alpha value is -2.68. The maximum Gasteiger partial charge on any atom is 0.253 e. The van der Waals surface area contributed by atoms with Crippen LogP contribution in [0.15, 0.2) is 70.9 Å². The lowest BCUT2D eigenvalue weighted by molar-refractivity contribution is -0.119. The standard InChI is InChI=1S/C24H27N3O3S2/c1-17-10-15-23(31-17)32(29,30)27-16-6-9-22(27)24(28)26-21-13-11-20(12-14-21)25-18(2)19-7-4-3-5-8-19/h3-5,7-8,10-15,18,22,25H,6,9,16H2,1-2H3,(H,26,28). The average Bonchev–Trinajstić information content (AvgIpc) is 3.46. The number of thiophene rings is 1.